The number of rotatable bonds is 2. The second kappa shape index (κ2) is 3.88. The van der Waals surface area contributed by atoms with E-state index in [0.29, 0.717) is 19.1 Å². The van der Waals surface area contributed by atoms with Crippen LogP contribution in [-0.2, 0) is 11.8 Å². The van der Waals surface area contributed by atoms with Crippen molar-refractivity contribution in [2.45, 2.75) is 12.2 Å². The van der Waals surface area contributed by atoms with E-state index in [1.54, 1.807) is 17.9 Å². The highest BCUT2D eigenvalue weighted by Gasteiger charge is 2.29. The number of ether oxygens (including phenoxy) is 2. The summed E-state index contributed by atoms with van der Waals surface area (Å²) in [4.78, 5) is 0. The highest BCUT2D eigenvalue weighted by atomic mass is 79.9. The van der Waals surface area contributed by atoms with Crippen molar-refractivity contribution >= 4 is 15.9 Å². The molecule has 2 atom stereocenters. The zero-order chi connectivity index (χ0) is 10.1. The summed E-state index contributed by atoms with van der Waals surface area (Å²) in [5.74, 6) is 0.611. The van der Waals surface area contributed by atoms with E-state index < -0.39 is 6.10 Å². The summed E-state index contributed by atoms with van der Waals surface area (Å²) in [7, 11) is 1.78. The maximum atomic E-state index is 9.47. The van der Waals surface area contributed by atoms with Gasteiger partial charge in [-0.05, 0) is 15.9 Å². The Balaban J connectivity index is 2.10. The number of aromatic nitrogens is 2. The molecule has 0 unspecified atom stereocenters. The average molecular weight is 263 g/mol. The third-order valence-corrected chi connectivity index (χ3v) is 2.65. The summed E-state index contributed by atoms with van der Waals surface area (Å²) in [5.41, 5.74) is 0. The lowest BCUT2D eigenvalue weighted by Gasteiger charge is -2.15. The van der Waals surface area contributed by atoms with E-state index in [4.69, 9.17) is 9.47 Å². The Bertz CT molecular complexity index is 309. The van der Waals surface area contributed by atoms with Gasteiger partial charge in [-0.15, -0.1) is 0 Å². The van der Waals surface area contributed by atoms with Gasteiger partial charge in [-0.25, -0.2) is 4.68 Å². The molecule has 1 aliphatic rings. The van der Waals surface area contributed by atoms with E-state index in [-0.39, 0.29) is 6.10 Å². The minimum absolute atomic E-state index is 0.304. The maximum absolute atomic E-state index is 9.47. The van der Waals surface area contributed by atoms with Crippen molar-refractivity contribution in [3.8, 4) is 5.88 Å². The second-order valence-corrected chi connectivity index (χ2v) is 4.04. The van der Waals surface area contributed by atoms with Crippen LogP contribution in [0.3, 0.4) is 0 Å². The lowest BCUT2D eigenvalue weighted by atomic mass is 10.3. The van der Waals surface area contributed by atoms with Crippen LogP contribution in [0, 0.1) is 0 Å². The van der Waals surface area contributed by atoms with E-state index >= 15 is 0 Å². The summed E-state index contributed by atoms with van der Waals surface area (Å²) < 4.78 is 13.0. The maximum Gasteiger partial charge on any atom is 0.226 e. The number of aryl methyl sites for hydroxylation is 1. The van der Waals surface area contributed by atoms with Crippen molar-refractivity contribution in [3.05, 3.63) is 10.7 Å². The Labute approximate surface area is 89.7 Å². The van der Waals surface area contributed by atoms with Crippen LogP contribution in [0.1, 0.15) is 0 Å². The van der Waals surface area contributed by atoms with Gasteiger partial charge in [0.25, 0.3) is 0 Å². The Morgan fingerprint density at radius 1 is 1.71 bits per heavy atom. The van der Waals surface area contributed by atoms with Gasteiger partial charge in [0.1, 0.15) is 6.10 Å². The quantitative estimate of drug-likeness (QED) is 0.835. The summed E-state index contributed by atoms with van der Waals surface area (Å²) >= 11 is 3.31. The van der Waals surface area contributed by atoms with Crippen molar-refractivity contribution in [2.75, 3.05) is 13.2 Å². The van der Waals surface area contributed by atoms with Gasteiger partial charge in [0, 0.05) is 7.05 Å². The standard InChI is InChI=1S/C8H11BrN2O3/c1-11-8(5(9)2-10-11)14-7-4-13-3-6(7)12/h2,6-7,12H,3-4H2,1H3/t6-,7-/m0/s1. The van der Waals surface area contributed by atoms with Gasteiger partial charge in [-0.1, -0.05) is 0 Å². The molecule has 1 saturated heterocycles. The molecular weight excluding hydrogens is 252 g/mol. The zero-order valence-corrected chi connectivity index (χ0v) is 9.27. The van der Waals surface area contributed by atoms with Crippen molar-refractivity contribution < 1.29 is 14.6 Å². The molecule has 0 aliphatic carbocycles. The third-order valence-electron chi connectivity index (χ3n) is 2.11. The Morgan fingerprint density at radius 2 is 2.50 bits per heavy atom. The Kier molecular flexibility index (Phi) is 2.76. The number of halogens is 1. The fourth-order valence-electron chi connectivity index (χ4n) is 1.31. The van der Waals surface area contributed by atoms with Gasteiger partial charge < -0.3 is 14.6 Å². The van der Waals surface area contributed by atoms with E-state index in [2.05, 4.69) is 21.0 Å². The molecule has 0 saturated carbocycles. The number of aliphatic hydroxyl groups is 1. The largest absolute Gasteiger partial charge is 0.468 e. The highest BCUT2D eigenvalue weighted by molar-refractivity contribution is 9.10. The summed E-state index contributed by atoms with van der Waals surface area (Å²) in [6.45, 7) is 0.749. The van der Waals surface area contributed by atoms with Crippen molar-refractivity contribution in [1.29, 1.82) is 0 Å². The number of nitrogens with zero attached hydrogens (tertiary/aromatic N) is 2. The highest BCUT2D eigenvalue weighted by Crippen LogP contribution is 2.25. The molecule has 1 fully saturated rings. The molecule has 1 aliphatic heterocycles. The van der Waals surface area contributed by atoms with Crippen LogP contribution in [0.15, 0.2) is 10.7 Å². The van der Waals surface area contributed by atoms with Gasteiger partial charge >= 0.3 is 0 Å². The summed E-state index contributed by atoms with van der Waals surface area (Å²) in [6, 6.07) is 0. The van der Waals surface area contributed by atoms with E-state index in [1.165, 1.54) is 0 Å². The molecule has 0 spiro atoms. The molecule has 0 aromatic carbocycles. The van der Waals surface area contributed by atoms with Crippen LogP contribution < -0.4 is 4.74 Å². The van der Waals surface area contributed by atoms with E-state index in [9.17, 15) is 5.11 Å². The molecule has 5 nitrogen and oxygen atoms in total. The van der Waals surface area contributed by atoms with Crippen molar-refractivity contribution in [3.63, 3.8) is 0 Å². The molecule has 1 N–H and O–H groups in total. The minimum Gasteiger partial charge on any atom is -0.468 e. The molecule has 0 amide bonds. The molecule has 1 aromatic rings. The van der Waals surface area contributed by atoms with Gasteiger partial charge in [0.2, 0.25) is 5.88 Å². The van der Waals surface area contributed by atoms with E-state index in [1.807, 2.05) is 0 Å². The normalized spacial score (nSPS) is 26.8. The monoisotopic (exact) mass is 262 g/mol. The Morgan fingerprint density at radius 3 is 3.00 bits per heavy atom. The second-order valence-electron chi connectivity index (χ2n) is 3.18. The average Bonchev–Trinajstić information content (AvgIpc) is 2.67. The van der Waals surface area contributed by atoms with Crippen molar-refractivity contribution in [1.82, 2.24) is 9.78 Å². The molecule has 1 aromatic heterocycles. The lowest BCUT2D eigenvalue weighted by molar-refractivity contribution is 0.0671. The zero-order valence-electron chi connectivity index (χ0n) is 7.68. The smallest absolute Gasteiger partial charge is 0.226 e. The summed E-state index contributed by atoms with van der Waals surface area (Å²) in [5, 5.41) is 13.5. The van der Waals surface area contributed by atoms with Gasteiger partial charge in [-0.2, -0.15) is 5.10 Å². The van der Waals surface area contributed by atoms with Crippen LogP contribution in [-0.4, -0.2) is 40.3 Å². The predicted octanol–water partition coefficient (Wildman–Crippen LogP) is 0.321. The molecule has 2 rings (SSSR count). The number of aliphatic hydroxyl groups excluding tert-OH is 1. The van der Waals surface area contributed by atoms with Crippen LogP contribution in [0.25, 0.3) is 0 Å². The molecular formula is C8H11BrN2O3. The fraction of sp³-hybridized carbons (Fsp3) is 0.625. The topological polar surface area (TPSA) is 56.5 Å². The Hall–Kier alpha value is -0.590. The number of hydrogen-bond acceptors (Lipinski definition) is 4. The first-order valence-electron chi connectivity index (χ1n) is 4.28. The van der Waals surface area contributed by atoms with Crippen molar-refractivity contribution in [2.24, 2.45) is 7.05 Å². The van der Waals surface area contributed by atoms with Crippen LogP contribution in [0.2, 0.25) is 0 Å². The SMILES string of the molecule is Cn1ncc(Br)c1O[C@H]1COC[C@@H]1O. The van der Waals surface area contributed by atoms with Crippen LogP contribution in [0.4, 0.5) is 0 Å². The first-order chi connectivity index (χ1) is 6.68. The first-order valence-corrected chi connectivity index (χ1v) is 5.07. The molecule has 0 radical (unpaired) electrons. The van der Waals surface area contributed by atoms with Gasteiger partial charge in [0.15, 0.2) is 6.10 Å². The summed E-state index contributed by atoms with van der Waals surface area (Å²) in [6.07, 6.45) is 0.788. The number of hydrogen-bond donors (Lipinski definition) is 1. The fourth-order valence-corrected chi connectivity index (χ4v) is 1.75. The van der Waals surface area contributed by atoms with Crippen LogP contribution in [0.5, 0.6) is 5.88 Å². The minimum atomic E-state index is -0.559. The predicted molar refractivity (Wildman–Crippen MR) is 52.1 cm³/mol. The van der Waals surface area contributed by atoms with Gasteiger partial charge in [-0.3, -0.25) is 0 Å². The molecule has 14 heavy (non-hydrogen) atoms. The lowest BCUT2D eigenvalue weighted by Crippen LogP contribution is -2.30. The van der Waals surface area contributed by atoms with E-state index in [0.717, 1.165) is 4.47 Å². The third kappa shape index (κ3) is 1.77. The molecule has 78 valence electrons. The molecule has 2 heterocycles. The van der Waals surface area contributed by atoms with Crippen LogP contribution >= 0.6 is 15.9 Å². The first kappa shape index (κ1) is 9.95. The molecule has 0 bridgehead atoms. The van der Waals surface area contributed by atoms with Gasteiger partial charge in [0.05, 0.1) is 23.9 Å². The molecule has 6 heteroatoms.